The van der Waals surface area contributed by atoms with E-state index in [4.69, 9.17) is 9.47 Å². The average Bonchev–Trinajstić information content (AvgIpc) is 2.42. The molecule has 0 unspecified atom stereocenters. The summed E-state index contributed by atoms with van der Waals surface area (Å²) < 4.78 is 10.7. The van der Waals surface area contributed by atoms with Crippen molar-refractivity contribution in [3.05, 3.63) is 48.7 Å². The Balaban J connectivity index is 2.20. The van der Waals surface area contributed by atoms with Crippen LogP contribution in [0.15, 0.2) is 48.7 Å². The first kappa shape index (κ1) is 12.1. The molecule has 0 spiro atoms. The van der Waals surface area contributed by atoms with E-state index in [1.165, 1.54) is 0 Å². The number of aromatic nitrogens is 1. The number of hydrogen-bond acceptors (Lipinski definition) is 4. The number of rotatable bonds is 4. The lowest BCUT2D eigenvalue weighted by Crippen LogP contribution is -2.07. The summed E-state index contributed by atoms with van der Waals surface area (Å²) in [4.78, 5) is 15.3. The molecule has 4 heteroatoms. The van der Waals surface area contributed by atoms with Crippen LogP contribution in [0.4, 0.5) is 0 Å². The lowest BCUT2D eigenvalue weighted by atomic mass is 10.3. The summed E-state index contributed by atoms with van der Waals surface area (Å²) in [5.41, 5.74) is 0. The van der Waals surface area contributed by atoms with E-state index in [0.717, 1.165) is 0 Å². The predicted octanol–water partition coefficient (Wildman–Crippen LogP) is 3.19. The molecule has 0 saturated carbocycles. The van der Waals surface area contributed by atoms with Gasteiger partial charge < -0.3 is 9.47 Å². The molecule has 0 bridgehead atoms. The van der Waals surface area contributed by atoms with Crippen molar-refractivity contribution in [3.8, 4) is 17.4 Å². The van der Waals surface area contributed by atoms with E-state index in [1.807, 2.05) is 30.3 Å². The van der Waals surface area contributed by atoms with Gasteiger partial charge in [-0.3, -0.25) is 4.79 Å². The van der Waals surface area contributed by atoms with E-state index < -0.39 is 0 Å². The maximum atomic E-state index is 11.3. The van der Waals surface area contributed by atoms with Crippen molar-refractivity contribution >= 4 is 5.97 Å². The molecule has 2 aromatic rings. The van der Waals surface area contributed by atoms with Crippen LogP contribution in [0, 0.1) is 0 Å². The Hall–Kier alpha value is -2.36. The largest absolute Gasteiger partial charge is 0.452 e. The van der Waals surface area contributed by atoms with E-state index in [-0.39, 0.29) is 11.8 Å². The van der Waals surface area contributed by atoms with Crippen LogP contribution in [0.5, 0.6) is 17.4 Å². The van der Waals surface area contributed by atoms with Crippen molar-refractivity contribution in [2.24, 2.45) is 0 Å². The van der Waals surface area contributed by atoms with Gasteiger partial charge in [-0.25, -0.2) is 4.98 Å². The lowest BCUT2D eigenvalue weighted by Gasteiger charge is -2.09. The standard InChI is InChI=1S/C14H13NO3/c1-2-13(16)18-14-12(9-6-10-15-14)17-11-7-4-3-5-8-11/h3-10H,2H2,1H3. The van der Waals surface area contributed by atoms with Gasteiger partial charge in [0.2, 0.25) is 0 Å². The normalized spacial score (nSPS) is 9.83. The fourth-order valence-electron chi connectivity index (χ4n) is 1.33. The lowest BCUT2D eigenvalue weighted by molar-refractivity contribution is -0.134. The molecule has 0 aliphatic rings. The van der Waals surface area contributed by atoms with Gasteiger partial charge in [0.25, 0.3) is 5.88 Å². The van der Waals surface area contributed by atoms with E-state index in [1.54, 1.807) is 25.3 Å². The molecule has 0 N–H and O–H groups in total. The molecule has 0 fully saturated rings. The van der Waals surface area contributed by atoms with Gasteiger partial charge in [-0.15, -0.1) is 0 Å². The van der Waals surface area contributed by atoms with E-state index >= 15 is 0 Å². The second-order valence-electron chi connectivity index (χ2n) is 3.55. The summed E-state index contributed by atoms with van der Waals surface area (Å²) in [6.45, 7) is 1.73. The first-order valence-electron chi connectivity index (χ1n) is 5.68. The summed E-state index contributed by atoms with van der Waals surface area (Å²) in [7, 11) is 0. The summed E-state index contributed by atoms with van der Waals surface area (Å²) in [5.74, 6) is 0.935. The number of para-hydroxylation sites is 1. The second kappa shape index (κ2) is 5.82. The van der Waals surface area contributed by atoms with Crippen LogP contribution in [0.2, 0.25) is 0 Å². The van der Waals surface area contributed by atoms with Crippen LogP contribution in [0.1, 0.15) is 13.3 Å². The number of esters is 1. The van der Waals surface area contributed by atoms with Crippen LogP contribution in [-0.2, 0) is 4.79 Å². The zero-order chi connectivity index (χ0) is 12.8. The Labute approximate surface area is 105 Å². The van der Waals surface area contributed by atoms with Crippen molar-refractivity contribution in [1.82, 2.24) is 4.98 Å². The molecule has 1 aromatic carbocycles. The second-order valence-corrected chi connectivity index (χ2v) is 3.55. The van der Waals surface area contributed by atoms with Gasteiger partial charge in [-0.05, 0) is 24.3 Å². The molecule has 0 amide bonds. The number of benzene rings is 1. The molecule has 1 aromatic heterocycles. The van der Waals surface area contributed by atoms with E-state index in [2.05, 4.69) is 4.98 Å². The third-order valence-electron chi connectivity index (χ3n) is 2.21. The van der Waals surface area contributed by atoms with Gasteiger partial charge >= 0.3 is 5.97 Å². The highest BCUT2D eigenvalue weighted by Gasteiger charge is 2.10. The number of hydrogen-bond donors (Lipinski definition) is 0. The quantitative estimate of drug-likeness (QED) is 0.774. The molecular weight excluding hydrogens is 230 g/mol. The fourth-order valence-corrected chi connectivity index (χ4v) is 1.33. The molecular formula is C14H13NO3. The minimum Gasteiger partial charge on any atom is -0.452 e. The van der Waals surface area contributed by atoms with Crippen LogP contribution in [0.3, 0.4) is 0 Å². The highest BCUT2D eigenvalue weighted by molar-refractivity contribution is 5.72. The topological polar surface area (TPSA) is 48.4 Å². The van der Waals surface area contributed by atoms with Gasteiger partial charge in [-0.2, -0.15) is 0 Å². The van der Waals surface area contributed by atoms with Gasteiger partial charge in [0.05, 0.1) is 0 Å². The van der Waals surface area contributed by atoms with Crippen molar-refractivity contribution < 1.29 is 14.3 Å². The molecule has 0 aliphatic carbocycles. The molecule has 0 radical (unpaired) electrons. The molecule has 2 rings (SSSR count). The molecule has 18 heavy (non-hydrogen) atoms. The Bertz CT molecular complexity index is 526. The molecule has 92 valence electrons. The van der Waals surface area contributed by atoms with E-state index in [9.17, 15) is 4.79 Å². The van der Waals surface area contributed by atoms with Crippen molar-refractivity contribution in [2.75, 3.05) is 0 Å². The van der Waals surface area contributed by atoms with Gasteiger partial charge in [0, 0.05) is 12.6 Å². The zero-order valence-corrected chi connectivity index (χ0v) is 10.00. The van der Waals surface area contributed by atoms with Gasteiger partial charge in [0.1, 0.15) is 5.75 Å². The van der Waals surface area contributed by atoms with E-state index in [0.29, 0.717) is 17.9 Å². The number of pyridine rings is 1. The fraction of sp³-hybridized carbons (Fsp3) is 0.143. The first-order valence-corrected chi connectivity index (χ1v) is 5.68. The zero-order valence-electron chi connectivity index (χ0n) is 10.00. The summed E-state index contributed by atoms with van der Waals surface area (Å²) in [6, 6.07) is 12.7. The van der Waals surface area contributed by atoms with Gasteiger partial charge in [-0.1, -0.05) is 25.1 Å². The highest BCUT2D eigenvalue weighted by atomic mass is 16.6. The Morgan fingerprint density at radius 2 is 1.94 bits per heavy atom. The van der Waals surface area contributed by atoms with Crippen LogP contribution < -0.4 is 9.47 Å². The van der Waals surface area contributed by atoms with Gasteiger partial charge in [0.15, 0.2) is 5.75 Å². The summed E-state index contributed by atoms with van der Waals surface area (Å²) in [5, 5.41) is 0. The molecule has 1 heterocycles. The SMILES string of the molecule is CCC(=O)Oc1ncccc1Oc1ccccc1. The molecule has 0 atom stereocenters. The Morgan fingerprint density at radius 1 is 1.17 bits per heavy atom. The van der Waals surface area contributed by atoms with Crippen molar-refractivity contribution in [2.45, 2.75) is 13.3 Å². The average molecular weight is 243 g/mol. The van der Waals surface area contributed by atoms with Crippen LogP contribution >= 0.6 is 0 Å². The number of nitrogens with zero attached hydrogens (tertiary/aromatic N) is 1. The number of ether oxygens (including phenoxy) is 2. The third-order valence-corrected chi connectivity index (χ3v) is 2.21. The Morgan fingerprint density at radius 3 is 2.67 bits per heavy atom. The summed E-state index contributed by atoms with van der Waals surface area (Å²) >= 11 is 0. The third kappa shape index (κ3) is 3.07. The minimum atomic E-state index is -0.341. The molecule has 0 aliphatic heterocycles. The highest BCUT2D eigenvalue weighted by Crippen LogP contribution is 2.29. The number of carbonyl (C=O) groups excluding carboxylic acids is 1. The maximum absolute atomic E-state index is 11.3. The first-order chi connectivity index (χ1) is 8.79. The van der Waals surface area contributed by atoms with Crippen LogP contribution in [0.25, 0.3) is 0 Å². The monoisotopic (exact) mass is 243 g/mol. The Kier molecular flexibility index (Phi) is 3.91. The maximum Gasteiger partial charge on any atom is 0.312 e. The number of carbonyl (C=O) groups is 1. The minimum absolute atomic E-state index is 0.188. The van der Waals surface area contributed by atoms with Crippen molar-refractivity contribution in [3.63, 3.8) is 0 Å². The van der Waals surface area contributed by atoms with Crippen molar-refractivity contribution in [1.29, 1.82) is 0 Å². The molecule has 0 saturated heterocycles. The predicted molar refractivity (Wildman–Crippen MR) is 66.7 cm³/mol. The summed E-state index contributed by atoms with van der Waals surface area (Å²) in [6.07, 6.45) is 1.84. The van der Waals surface area contributed by atoms with Crippen LogP contribution in [-0.4, -0.2) is 11.0 Å². The molecule has 4 nitrogen and oxygen atoms in total. The smallest absolute Gasteiger partial charge is 0.312 e.